The van der Waals surface area contributed by atoms with E-state index in [-0.39, 0.29) is 18.4 Å². The van der Waals surface area contributed by atoms with Gasteiger partial charge in [-0.25, -0.2) is 0 Å². The van der Waals surface area contributed by atoms with E-state index in [1.165, 1.54) is 5.56 Å². The molecule has 0 radical (unpaired) electrons. The normalized spacial score (nSPS) is 11.8. The van der Waals surface area contributed by atoms with Gasteiger partial charge in [0.05, 0.1) is 0 Å². The molecular weight excluding hydrogens is 388 g/mol. The average molecular weight is 425 g/mol. The molecule has 0 aliphatic heterocycles. The third kappa shape index (κ3) is 7.74. The molecular formula is C26H36N2O3. The second kappa shape index (κ2) is 12.1. The Morgan fingerprint density at radius 1 is 1.03 bits per heavy atom. The van der Waals surface area contributed by atoms with Crippen LogP contribution in [-0.2, 0) is 16.0 Å². The van der Waals surface area contributed by atoms with Crippen molar-refractivity contribution in [3.8, 4) is 5.75 Å². The molecule has 0 heterocycles. The van der Waals surface area contributed by atoms with Gasteiger partial charge in [-0.1, -0.05) is 57.2 Å². The van der Waals surface area contributed by atoms with Crippen molar-refractivity contribution in [3.63, 3.8) is 0 Å². The van der Waals surface area contributed by atoms with Gasteiger partial charge in [0.2, 0.25) is 5.91 Å². The molecule has 1 N–H and O–H groups in total. The van der Waals surface area contributed by atoms with Crippen molar-refractivity contribution in [2.75, 3.05) is 19.7 Å². The number of nitrogens with zero attached hydrogens (tertiary/aromatic N) is 1. The number of hydrogen-bond acceptors (Lipinski definition) is 3. The Bertz CT molecular complexity index is 849. The molecule has 2 aromatic rings. The van der Waals surface area contributed by atoms with Gasteiger partial charge in [-0.2, -0.15) is 0 Å². The van der Waals surface area contributed by atoms with E-state index in [0.717, 1.165) is 11.1 Å². The van der Waals surface area contributed by atoms with Crippen molar-refractivity contribution in [2.45, 2.75) is 53.5 Å². The minimum absolute atomic E-state index is 0.0920. The second-order valence-electron chi connectivity index (χ2n) is 8.42. The molecule has 1 unspecified atom stereocenters. The topological polar surface area (TPSA) is 58.6 Å². The summed E-state index contributed by atoms with van der Waals surface area (Å²) in [5, 5.41) is 2.98. The summed E-state index contributed by atoms with van der Waals surface area (Å²) in [7, 11) is 0. The van der Waals surface area contributed by atoms with Crippen LogP contribution in [0.3, 0.4) is 0 Å². The Morgan fingerprint density at radius 3 is 2.35 bits per heavy atom. The fraction of sp³-hybridized carbons (Fsp3) is 0.462. The molecule has 0 spiro atoms. The first kappa shape index (κ1) is 24.4. The number of benzene rings is 2. The predicted octanol–water partition coefficient (Wildman–Crippen LogP) is 4.30. The van der Waals surface area contributed by atoms with Gasteiger partial charge in [-0.05, 0) is 61.4 Å². The zero-order valence-electron chi connectivity index (χ0n) is 19.5. The largest absolute Gasteiger partial charge is 0.484 e. The maximum absolute atomic E-state index is 13.2. The summed E-state index contributed by atoms with van der Waals surface area (Å²) in [5.74, 6) is 0.726. The van der Waals surface area contributed by atoms with Crippen LogP contribution in [0.15, 0.2) is 48.5 Å². The Hall–Kier alpha value is -2.82. The molecule has 2 amide bonds. The van der Waals surface area contributed by atoms with Crippen LogP contribution in [0.4, 0.5) is 0 Å². The predicted molar refractivity (Wildman–Crippen MR) is 125 cm³/mol. The Kier molecular flexibility index (Phi) is 9.57. The SMILES string of the molecule is CCC(C(=O)NCC(C)C)N(CCc1ccccc1)C(=O)COc1ccc(C)c(C)c1. The standard InChI is InChI=1S/C26H36N2O3/c1-6-24(26(30)27-17-19(2)3)28(15-14-22-10-8-7-9-11-22)25(29)18-31-23-13-12-20(4)21(5)16-23/h7-13,16,19,24H,6,14-15,17-18H2,1-5H3,(H,27,30). The van der Waals surface area contributed by atoms with E-state index in [1.54, 1.807) is 4.90 Å². The molecule has 1 atom stereocenters. The number of amides is 2. The molecule has 2 aromatic carbocycles. The first-order valence-corrected chi connectivity index (χ1v) is 11.1. The molecule has 0 bridgehead atoms. The lowest BCUT2D eigenvalue weighted by Crippen LogP contribution is -2.51. The van der Waals surface area contributed by atoms with Crippen LogP contribution in [-0.4, -0.2) is 42.5 Å². The van der Waals surface area contributed by atoms with Gasteiger partial charge in [0.25, 0.3) is 5.91 Å². The van der Waals surface area contributed by atoms with Crippen LogP contribution in [0.1, 0.15) is 43.9 Å². The number of carbonyl (C=O) groups excluding carboxylic acids is 2. The number of rotatable bonds is 11. The van der Waals surface area contributed by atoms with Crippen molar-refractivity contribution in [3.05, 3.63) is 65.2 Å². The molecule has 31 heavy (non-hydrogen) atoms. The van der Waals surface area contributed by atoms with E-state index < -0.39 is 6.04 Å². The zero-order chi connectivity index (χ0) is 22.8. The molecule has 168 valence electrons. The number of hydrogen-bond donors (Lipinski definition) is 1. The maximum atomic E-state index is 13.2. The quantitative estimate of drug-likeness (QED) is 0.585. The Labute approximate surface area is 186 Å². The van der Waals surface area contributed by atoms with Crippen molar-refractivity contribution in [1.82, 2.24) is 10.2 Å². The fourth-order valence-electron chi connectivity index (χ4n) is 3.35. The van der Waals surface area contributed by atoms with Gasteiger partial charge >= 0.3 is 0 Å². The van der Waals surface area contributed by atoms with Crippen molar-refractivity contribution >= 4 is 11.8 Å². The molecule has 0 aliphatic carbocycles. The molecule has 2 rings (SSSR count). The summed E-state index contributed by atoms with van der Waals surface area (Å²) in [5.41, 5.74) is 3.43. The lowest BCUT2D eigenvalue weighted by molar-refractivity contribution is -0.142. The highest BCUT2D eigenvalue weighted by Gasteiger charge is 2.28. The lowest BCUT2D eigenvalue weighted by Gasteiger charge is -2.30. The van der Waals surface area contributed by atoms with Crippen LogP contribution in [0, 0.1) is 19.8 Å². The average Bonchev–Trinajstić information content (AvgIpc) is 2.76. The van der Waals surface area contributed by atoms with Crippen LogP contribution in [0.2, 0.25) is 0 Å². The van der Waals surface area contributed by atoms with Crippen LogP contribution < -0.4 is 10.1 Å². The van der Waals surface area contributed by atoms with Gasteiger partial charge in [0.15, 0.2) is 6.61 Å². The highest BCUT2D eigenvalue weighted by molar-refractivity contribution is 5.88. The Morgan fingerprint density at radius 2 is 1.74 bits per heavy atom. The highest BCUT2D eigenvalue weighted by atomic mass is 16.5. The first-order chi connectivity index (χ1) is 14.8. The smallest absolute Gasteiger partial charge is 0.261 e. The van der Waals surface area contributed by atoms with Crippen LogP contribution in [0.5, 0.6) is 5.75 Å². The van der Waals surface area contributed by atoms with Crippen molar-refractivity contribution in [1.29, 1.82) is 0 Å². The van der Waals surface area contributed by atoms with Crippen molar-refractivity contribution in [2.24, 2.45) is 5.92 Å². The summed E-state index contributed by atoms with van der Waals surface area (Å²) < 4.78 is 5.79. The van der Waals surface area contributed by atoms with E-state index in [2.05, 4.69) is 19.2 Å². The number of ether oxygens (including phenoxy) is 1. The number of nitrogens with one attached hydrogen (secondary N) is 1. The first-order valence-electron chi connectivity index (χ1n) is 11.1. The third-order valence-electron chi connectivity index (χ3n) is 5.40. The maximum Gasteiger partial charge on any atom is 0.261 e. The van der Waals surface area contributed by atoms with Crippen molar-refractivity contribution < 1.29 is 14.3 Å². The molecule has 0 saturated carbocycles. The molecule has 5 heteroatoms. The lowest BCUT2D eigenvalue weighted by atomic mass is 10.1. The van der Waals surface area contributed by atoms with E-state index in [9.17, 15) is 9.59 Å². The van der Waals surface area contributed by atoms with Gasteiger partial charge in [-0.15, -0.1) is 0 Å². The minimum Gasteiger partial charge on any atom is -0.484 e. The van der Waals surface area contributed by atoms with Gasteiger partial charge in [-0.3, -0.25) is 9.59 Å². The summed E-state index contributed by atoms with van der Waals surface area (Å²) in [6.07, 6.45) is 1.23. The Balaban J connectivity index is 2.12. The van der Waals surface area contributed by atoms with E-state index in [4.69, 9.17) is 4.74 Å². The molecule has 0 fully saturated rings. The molecule has 5 nitrogen and oxygen atoms in total. The third-order valence-corrected chi connectivity index (χ3v) is 5.40. The van der Waals surface area contributed by atoms with Crippen LogP contribution in [0.25, 0.3) is 0 Å². The summed E-state index contributed by atoms with van der Waals surface area (Å²) in [6, 6.07) is 15.3. The summed E-state index contributed by atoms with van der Waals surface area (Å²) in [6.45, 7) is 11.1. The zero-order valence-corrected chi connectivity index (χ0v) is 19.5. The fourth-order valence-corrected chi connectivity index (χ4v) is 3.35. The summed E-state index contributed by atoms with van der Waals surface area (Å²) in [4.78, 5) is 27.7. The summed E-state index contributed by atoms with van der Waals surface area (Å²) >= 11 is 0. The van der Waals surface area contributed by atoms with E-state index >= 15 is 0 Å². The van der Waals surface area contributed by atoms with Gasteiger partial charge in [0, 0.05) is 13.1 Å². The molecule has 0 aromatic heterocycles. The monoisotopic (exact) mass is 424 g/mol. The molecule has 0 saturated heterocycles. The number of aryl methyl sites for hydroxylation is 2. The number of carbonyl (C=O) groups is 2. The van der Waals surface area contributed by atoms with E-state index in [0.29, 0.717) is 37.6 Å². The highest BCUT2D eigenvalue weighted by Crippen LogP contribution is 2.17. The molecule has 0 aliphatic rings. The second-order valence-corrected chi connectivity index (χ2v) is 8.42. The van der Waals surface area contributed by atoms with Crippen LogP contribution >= 0.6 is 0 Å². The minimum atomic E-state index is -0.515. The van der Waals surface area contributed by atoms with Gasteiger partial charge < -0.3 is 15.0 Å². The van der Waals surface area contributed by atoms with Gasteiger partial charge in [0.1, 0.15) is 11.8 Å². The van der Waals surface area contributed by atoms with E-state index in [1.807, 2.05) is 69.3 Å².